The smallest absolute Gasteiger partial charge is 0.147 e. The first kappa shape index (κ1) is 23.4. The minimum Gasteiger partial charge on any atom is -0.147 e. The van der Waals surface area contributed by atoms with Gasteiger partial charge in [-0.05, 0) is 0 Å². The van der Waals surface area contributed by atoms with E-state index < -0.39 is 27.1 Å². The van der Waals surface area contributed by atoms with Crippen molar-refractivity contribution in [2.75, 3.05) is 6.54 Å². The van der Waals surface area contributed by atoms with Crippen molar-refractivity contribution in [2.24, 2.45) is 5.92 Å². The Morgan fingerprint density at radius 2 is 1.65 bits per heavy atom. The summed E-state index contributed by atoms with van der Waals surface area (Å²) in [6.07, 6.45) is 2.66. The van der Waals surface area contributed by atoms with E-state index in [0.29, 0.717) is 0 Å². The molecule has 1 aliphatic carbocycles. The molecule has 0 aliphatic heterocycles. The van der Waals surface area contributed by atoms with Gasteiger partial charge in [0.1, 0.15) is 0 Å². The Kier molecular flexibility index (Phi) is 12.6. The van der Waals surface area contributed by atoms with Crippen LogP contribution in [0.2, 0.25) is 13.1 Å². The molecule has 0 amide bonds. The molecule has 0 heterocycles. The van der Waals surface area contributed by atoms with Crippen LogP contribution in [-0.2, 0) is 21.2 Å². The molecule has 0 aromatic carbocycles. The van der Waals surface area contributed by atoms with Crippen molar-refractivity contribution in [3.8, 4) is 0 Å². The van der Waals surface area contributed by atoms with Gasteiger partial charge in [0, 0.05) is 0 Å². The van der Waals surface area contributed by atoms with Crippen molar-refractivity contribution in [1.29, 1.82) is 0 Å². The van der Waals surface area contributed by atoms with E-state index in [9.17, 15) is 0 Å². The van der Waals surface area contributed by atoms with E-state index in [2.05, 4.69) is 51.0 Å². The Morgan fingerprint density at radius 1 is 1.10 bits per heavy atom. The second kappa shape index (κ2) is 10.8. The predicted molar refractivity (Wildman–Crippen MR) is 96.5 cm³/mol. The summed E-state index contributed by atoms with van der Waals surface area (Å²) in [5.74, 6) is 0.228. The molecule has 1 nitrogen and oxygen atoms in total. The molecule has 0 aromatic heterocycles. The van der Waals surface area contributed by atoms with Crippen LogP contribution in [0.15, 0.2) is 20.0 Å². The van der Waals surface area contributed by atoms with Gasteiger partial charge in [-0.2, -0.15) is 0 Å². The first-order valence-electron chi connectivity index (χ1n) is 7.41. The second-order valence-electron chi connectivity index (χ2n) is 5.92. The van der Waals surface area contributed by atoms with Crippen molar-refractivity contribution in [1.82, 2.24) is 3.26 Å². The largest absolute Gasteiger partial charge is 0.147 e. The third-order valence-corrected chi connectivity index (χ3v) is 22.0. The van der Waals surface area contributed by atoms with E-state index in [1.807, 2.05) is 3.28 Å². The molecule has 0 spiro atoms. The van der Waals surface area contributed by atoms with Crippen molar-refractivity contribution in [3.05, 3.63) is 20.0 Å². The Hall–Kier alpha value is 1.12. The maximum absolute atomic E-state index is 4.04. The third kappa shape index (κ3) is 5.39. The summed E-state index contributed by atoms with van der Waals surface area (Å²) in [5, 5.41) is 0. The van der Waals surface area contributed by atoms with Gasteiger partial charge in [-0.3, -0.25) is 0 Å². The molecule has 1 unspecified atom stereocenters. The van der Waals surface area contributed by atoms with Gasteiger partial charge < -0.3 is 0 Å². The second-order valence-corrected chi connectivity index (χ2v) is 24.4. The van der Waals surface area contributed by atoms with Crippen LogP contribution in [0.1, 0.15) is 47.5 Å². The van der Waals surface area contributed by atoms with Crippen LogP contribution in [0.25, 0.3) is 0 Å². The number of hydrogen-bond acceptors (Lipinski definition) is 1. The van der Waals surface area contributed by atoms with Crippen LogP contribution in [0, 0.1) is 5.92 Å². The average molecular weight is 417 g/mol. The van der Waals surface area contributed by atoms with Crippen LogP contribution < -0.4 is 3.26 Å². The molecule has 0 saturated heterocycles. The fourth-order valence-corrected chi connectivity index (χ4v) is 19.7. The monoisotopic (exact) mass is 414 g/mol. The molecule has 1 N–H and O–H groups in total. The Balaban J connectivity index is 0. The number of nitrogens with one attached hydrogen (secondary N) is 1. The van der Waals surface area contributed by atoms with E-state index >= 15 is 0 Å². The molecular formula is C15H32Cl2NSiZr. The average Bonchev–Trinajstić information content (AvgIpc) is 2.51. The zero-order chi connectivity index (χ0) is 13.9. The summed E-state index contributed by atoms with van der Waals surface area (Å²) in [4.78, 5) is 0. The number of halogens is 2. The summed E-state index contributed by atoms with van der Waals surface area (Å²) in [7, 11) is 0. The molecule has 119 valence electrons. The van der Waals surface area contributed by atoms with Gasteiger partial charge in [0.25, 0.3) is 0 Å². The van der Waals surface area contributed by atoms with Crippen molar-refractivity contribution in [2.45, 2.75) is 60.6 Å². The Bertz CT molecular complexity index is 367. The summed E-state index contributed by atoms with van der Waals surface area (Å²) < 4.78 is 5.93. The normalized spacial score (nSPS) is 18.3. The van der Waals surface area contributed by atoms with Crippen LogP contribution in [0.3, 0.4) is 0 Å². The molecule has 1 rings (SSSR count). The van der Waals surface area contributed by atoms with Crippen molar-refractivity contribution in [3.63, 3.8) is 0 Å². The first-order chi connectivity index (χ1) is 8.41. The molecule has 1 atom stereocenters. The van der Waals surface area contributed by atoms with Crippen LogP contribution in [-0.4, -0.2) is 12.5 Å². The van der Waals surface area contributed by atoms with Gasteiger partial charge in [-0.25, -0.2) is 0 Å². The maximum atomic E-state index is 4.04. The maximum Gasteiger partial charge on any atom is -0.147 e. The van der Waals surface area contributed by atoms with Gasteiger partial charge >= 0.3 is 123 Å². The topological polar surface area (TPSA) is 12.0 Å². The number of hydrogen-bond donors (Lipinski definition) is 1. The van der Waals surface area contributed by atoms with Gasteiger partial charge in [-0.1, -0.05) is 0 Å². The Labute approximate surface area is 147 Å². The summed E-state index contributed by atoms with van der Waals surface area (Å²) >= 11 is -1.50. The molecular weight excluding hydrogens is 384 g/mol. The third-order valence-electron chi connectivity index (χ3n) is 4.35. The van der Waals surface area contributed by atoms with Gasteiger partial charge in [-0.15, -0.1) is 24.8 Å². The minimum absolute atomic E-state index is 0. The van der Waals surface area contributed by atoms with E-state index in [0.717, 1.165) is 5.92 Å². The van der Waals surface area contributed by atoms with Crippen molar-refractivity contribution >= 4 is 30.7 Å². The van der Waals surface area contributed by atoms with E-state index in [4.69, 9.17) is 0 Å². The van der Waals surface area contributed by atoms with E-state index in [1.54, 1.807) is 16.7 Å². The molecule has 0 radical (unpaired) electrons. The van der Waals surface area contributed by atoms with Crippen molar-refractivity contribution < 1.29 is 21.2 Å². The number of allylic oxidation sites excluding steroid dienone is 4. The van der Waals surface area contributed by atoms with E-state index in [-0.39, 0.29) is 24.8 Å². The van der Waals surface area contributed by atoms with Gasteiger partial charge in [0.15, 0.2) is 0 Å². The molecule has 20 heavy (non-hydrogen) atoms. The summed E-state index contributed by atoms with van der Waals surface area (Å²) in [6, 6.07) is 0. The number of rotatable bonds is 6. The SMILES string of the molecule is CCCC[NH][Zr]([C]1=C(C)C(C)=C(C)C1C)[SiH](C)C.Cl.Cl. The zero-order valence-corrected chi connectivity index (χ0v) is 19.3. The number of unbranched alkanes of at least 4 members (excludes halogenated alkanes) is 1. The predicted octanol–water partition coefficient (Wildman–Crippen LogP) is 5.00. The Morgan fingerprint density at radius 3 is 2.00 bits per heavy atom. The first-order valence-corrected chi connectivity index (χ1v) is 17.0. The zero-order valence-electron chi connectivity index (χ0n) is 14.1. The molecule has 5 heteroatoms. The van der Waals surface area contributed by atoms with Gasteiger partial charge in [0.05, 0.1) is 0 Å². The fourth-order valence-electron chi connectivity index (χ4n) is 2.81. The van der Waals surface area contributed by atoms with Crippen LogP contribution in [0.4, 0.5) is 0 Å². The van der Waals surface area contributed by atoms with Crippen LogP contribution >= 0.6 is 24.8 Å². The van der Waals surface area contributed by atoms with E-state index in [1.165, 1.54) is 19.4 Å². The van der Waals surface area contributed by atoms with Crippen LogP contribution in [0.5, 0.6) is 0 Å². The molecule has 0 bridgehead atoms. The molecule has 0 aromatic rings. The molecule has 1 aliphatic rings. The minimum atomic E-state index is -1.50. The quantitative estimate of drug-likeness (QED) is 0.475. The van der Waals surface area contributed by atoms with Gasteiger partial charge in [0.2, 0.25) is 0 Å². The standard InChI is InChI=1S/C9H13.C4H10N.C2H7Si.2ClH.Zr/c1-6-5-7(2)9(4)8(6)3;1-2-3-4-5;1-3-2;;;/h6H,1-4H3;5H,2-4H2,1H3;3H,1-2H3;2*1H;/q;-1;;;;+1. The summed E-state index contributed by atoms with van der Waals surface area (Å²) in [5.41, 5.74) is 4.87. The molecule has 0 fully saturated rings. The molecule has 0 saturated carbocycles. The fraction of sp³-hybridized carbons (Fsp3) is 0.733. The summed E-state index contributed by atoms with van der Waals surface area (Å²) in [6.45, 7) is 18.1.